The normalized spacial score (nSPS) is 29.2. The van der Waals surface area contributed by atoms with Gasteiger partial charge in [-0.2, -0.15) is 9.97 Å². The lowest BCUT2D eigenvalue weighted by Gasteiger charge is -2.51. The number of anilines is 1. The quantitative estimate of drug-likeness (QED) is 0.185. The minimum atomic E-state index is -0.783. The number of ether oxygens (including phenoxy) is 4. The van der Waals surface area contributed by atoms with Gasteiger partial charge in [0.2, 0.25) is 5.88 Å². The van der Waals surface area contributed by atoms with Crippen molar-refractivity contribution in [2.75, 3.05) is 44.8 Å². The molecule has 6 heterocycles. The summed E-state index contributed by atoms with van der Waals surface area (Å²) in [6.45, 7) is 8.80. The van der Waals surface area contributed by atoms with Crippen LogP contribution in [0.3, 0.4) is 0 Å². The van der Waals surface area contributed by atoms with Crippen LogP contribution in [0.5, 0.6) is 17.6 Å². The van der Waals surface area contributed by atoms with E-state index in [2.05, 4.69) is 24.1 Å². The molecule has 304 valence electrons. The van der Waals surface area contributed by atoms with Crippen LogP contribution in [-0.4, -0.2) is 101 Å². The number of halogens is 2. The second kappa shape index (κ2) is 14.7. The third-order valence-electron chi connectivity index (χ3n) is 13.4. The van der Waals surface area contributed by atoms with Gasteiger partial charge in [-0.05, 0) is 113 Å². The van der Waals surface area contributed by atoms with Crippen LogP contribution >= 0.6 is 0 Å². The summed E-state index contributed by atoms with van der Waals surface area (Å²) in [6.07, 6.45) is 8.96. The van der Waals surface area contributed by atoms with Crippen molar-refractivity contribution in [3.05, 3.63) is 41.5 Å². The van der Waals surface area contributed by atoms with E-state index in [-0.39, 0.29) is 57.4 Å². The minimum Gasteiger partial charge on any atom is -0.508 e. The number of aromatic hydroxyl groups is 1. The number of aromatic nitrogens is 3. The van der Waals surface area contributed by atoms with Crippen LogP contribution in [0.25, 0.3) is 32.9 Å². The number of benzene rings is 2. The van der Waals surface area contributed by atoms with Crippen LogP contribution in [0.2, 0.25) is 0 Å². The summed E-state index contributed by atoms with van der Waals surface area (Å²) < 4.78 is 57.3. The van der Waals surface area contributed by atoms with Gasteiger partial charge >= 0.3 is 12.1 Å². The van der Waals surface area contributed by atoms with E-state index < -0.39 is 23.3 Å². The SMILES string of the molecule is CCc1c(F)ccc2cc(O)cc(-c3nc(OC)c4c(N5CCC[C@]6(CNC(=O)O6)C5)nc(OCC56CCCC5N(C5C[C@@H](C)O[C@@H](C)C5)CCC6)nc4c3F)c12. The number of carbonyl (C=O) groups is 1. The van der Waals surface area contributed by atoms with Gasteiger partial charge in [-0.1, -0.05) is 19.4 Å². The highest BCUT2D eigenvalue weighted by molar-refractivity contribution is 6.03. The van der Waals surface area contributed by atoms with E-state index in [1.54, 1.807) is 6.07 Å². The fourth-order valence-electron chi connectivity index (χ4n) is 11.0. The number of fused-ring (bicyclic) bond motifs is 3. The zero-order valence-corrected chi connectivity index (χ0v) is 33.2. The number of piperidine rings is 2. The molecule has 57 heavy (non-hydrogen) atoms. The number of carbonyl (C=O) groups excluding carboxylic acids is 1. The number of nitrogens with one attached hydrogen (secondary N) is 1. The number of hydrogen-bond acceptors (Lipinski definition) is 11. The topological polar surface area (TPSA) is 131 Å². The Kier molecular flexibility index (Phi) is 9.78. The molecule has 2 N–H and O–H groups in total. The van der Waals surface area contributed by atoms with Crippen LogP contribution < -0.4 is 19.7 Å². The highest BCUT2D eigenvalue weighted by Gasteiger charge is 2.51. The van der Waals surface area contributed by atoms with Crippen molar-refractivity contribution in [3.8, 4) is 28.9 Å². The van der Waals surface area contributed by atoms with Crippen LogP contribution in [0, 0.1) is 17.0 Å². The Morgan fingerprint density at radius 2 is 1.81 bits per heavy atom. The van der Waals surface area contributed by atoms with Gasteiger partial charge in [0.25, 0.3) is 0 Å². The average Bonchev–Trinajstić information content (AvgIpc) is 3.79. The van der Waals surface area contributed by atoms with Gasteiger partial charge < -0.3 is 34.3 Å². The summed E-state index contributed by atoms with van der Waals surface area (Å²) in [5.74, 6) is -0.898. The lowest BCUT2D eigenvalue weighted by molar-refractivity contribution is -0.0967. The summed E-state index contributed by atoms with van der Waals surface area (Å²) in [6, 6.07) is 6.68. The van der Waals surface area contributed by atoms with E-state index in [1.807, 2.05) is 11.8 Å². The second-order valence-corrected chi connectivity index (χ2v) is 17.0. The third-order valence-corrected chi connectivity index (χ3v) is 13.4. The Hall–Kier alpha value is -4.56. The van der Waals surface area contributed by atoms with Crippen LogP contribution in [0.4, 0.5) is 19.4 Å². The molecule has 5 fully saturated rings. The molecular formula is C43H52F2N6O6. The van der Waals surface area contributed by atoms with Gasteiger partial charge in [0, 0.05) is 29.6 Å². The number of amides is 1. The van der Waals surface area contributed by atoms with Crippen LogP contribution in [-0.2, 0) is 15.9 Å². The maximum absolute atomic E-state index is 17.5. The zero-order valence-electron chi connectivity index (χ0n) is 33.2. The van der Waals surface area contributed by atoms with Crippen molar-refractivity contribution >= 4 is 33.6 Å². The number of rotatable bonds is 8. The molecule has 5 aliphatic rings. The lowest BCUT2D eigenvalue weighted by Crippen LogP contribution is -2.57. The van der Waals surface area contributed by atoms with E-state index in [0.717, 1.165) is 51.5 Å². The molecule has 0 radical (unpaired) electrons. The smallest absolute Gasteiger partial charge is 0.407 e. The zero-order chi connectivity index (χ0) is 39.6. The maximum Gasteiger partial charge on any atom is 0.407 e. The molecule has 14 heteroatoms. The van der Waals surface area contributed by atoms with E-state index >= 15 is 8.78 Å². The predicted molar refractivity (Wildman–Crippen MR) is 211 cm³/mol. The van der Waals surface area contributed by atoms with Crippen molar-refractivity contribution in [1.29, 1.82) is 0 Å². The van der Waals surface area contributed by atoms with Crippen LogP contribution in [0.15, 0.2) is 24.3 Å². The Labute approximate surface area is 331 Å². The number of aryl methyl sites for hydroxylation is 1. The molecule has 3 unspecified atom stereocenters. The molecule has 4 saturated heterocycles. The predicted octanol–water partition coefficient (Wildman–Crippen LogP) is 7.45. The first-order valence-corrected chi connectivity index (χ1v) is 20.7. The first kappa shape index (κ1) is 38.0. The molecule has 1 spiro atoms. The molecule has 9 rings (SSSR count). The number of nitrogens with zero attached hydrogens (tertiary/aromatic N) is 5. The first-order valence-electron chi connectivity index (χ1n) is 20.7. The largest absolute Gasteiger partial charge is 0.508 e. The van der Waals surface area contributed by atoms with Gasteiger partial charge in [-0.15, -0.1) is 0 Å². The molecule has 2 aromatic carbocycles. The molecule has 0 bridgehead atoms. The Bertz CT molecular complexity index is 2220. The fourth-order valence-corrected chi connectivity index (χ4v) is 11.0. The van der Waals surface area contributed by atoms with Crippen molar-refractivity contribution in [2.45, 2.75) is 115 Å². The minimum absolute atomic E-state index is 0.0308. The number of alkyl carbamates (subject to hydrolysis) is 1. The lowest BCUT2D eigenvalue weighted by atomic mass is 9.74. The summed E-state index contributed by atoms with van der Waals surface area (Å²) in [5, 5.41) is 14.9. The maximum atomic E-state index is 17.5. The summed E-state index contributed by atoms with van der Waals surface area (Å²) in [5.41, 5.74) is -0.507. The number of likely N-dealkylation sites (tertiary alicyclic amines) is 1. The molecule has 4 aliphatic heterocycles. The monoisotopic (exact) mass is 786 g/mol. The number of methoxy groups -OCH3 is 1. The van der Waals surface area contributed by atoms with Crippen molar-refractivity contribution in [2.24, 2.45) is 5.41 Å². The van der Waals surface area contributed by atoms with Gasteiger partial charge in [-0.25, -0.2) is 18.6 Å². The molecule has 2 aromatic heterocycles. The van der Waals surface area contributed by atoms with Crippen molar-refractivity contribution < 1.29 is 37.6 Å². The van der Waals surface area contributed by atoms with E-state index in [0.29, 0.717) is 79.7 Å². The van der Waals surface area contributed by atoms with E-state index in [1.165, 1.54) is 25.3 Å². The van der Waals surface area contributed by atoms with E-state index in [4.69, 9.17) is 33.9 Å². The number of phenols is 1. The highest BCUT2D eigenvalue weighted by Crippen LogP contribution is 2.50. The summed E-state index contributed by atoms with van der Waals surface area (Å²) in [4.78, 5) is 31.5. The molecule has 1 saturated carbocycles. The molecule has 4 aromatic rings. The summed E-state index contributed by atoms with van der Waals surface area (Å²) >= 11 is 0. The highest BCUT2D eigenvalue weighted by atomic mass is 19.1. The Morgan fingerprint density at radius 1 is 1.02 bits per heavy atom. The van der Waals surface area contributed by atoms with Crippen molar-refractivity contribution in [1.82, 2.24) is 25.2 Å². The number of phenolic OH excluding ortho intramolecular Hbond substituents is 1. The Morgan fingerprint density at radius 3 is 2.56 bits per heavy atom. The molecule has 12 nitrogen and oxygen atoms in total. The Balaban J connectivity index is 1.16. The van der Waals surface area contributed by atoms with E-state index in [9.17, 15) is 9.90 Å². The third kappa shape index (κ3) is 6.66. The molecule has 6 atom stereocenters. The van der Waals surface area contributed by atoms with Gasteiger partial charge in [0.15, 0.2) is 5.82 Å². The standard InChI is InChI=1S/C43H52F2N6O6/c1-5-29-31(44)11-10-26-19-28(52)20-30(33(26)29)36-35(45)37-34(39(47-36)54-4)38(50-15-8-14-43(22-50)21-46-41(53)57-43)49-40(48-37)55-23-42-12-6-9-32(42)51(16-7-13-42)27-17-24(2)56-25(3)18-27/h10-11,19-20,24-25,27,32,52H,5-9,12-18,21-23H2,1-4H3,(H,46,53)/t24-,25+,27?,32?,42?,43-/m0/s1. The molecule has 1 amide bonds. The van der Waals surface area contributed by atoms with Crippen LogP contribution in [0.1, 0.15) is 84.1 Å². The van der Waals surface area contributed by atoms with Gasteiger partial charge in [-0.3, -0.25) is 4.90 Å². The fraction of sp³-hybridized carbons (Fsp3) is 0.581. The second-order valence-electron chi connectivity index (χ2n) is 17.0. The number of pyridine rings is 1. The molecule has 1 aliphatic carbocycles. The average molecular weight is 787 g/mol. The number of hydrogen-bond donors (Lipinski definition) is 2. The van der Waals surface area contributed by atoms with Crippen molar-refractivity contribution in [3.63, 3.8) is 0 Å². The summed E-state index contributed by atoms with van der Waals surface area (Å²) in [7, 11) is 1.45. The van der Waals surface area contributed by atoms with Gasteiger partial charge in [0.1, 0.15) is 39.6 Å². The first-order chi connectivity index (χ1) is 27.5. The molecular weight excluding hydrogens is 735 g/mol. The van der Waals surface area contributed by atoms with Gasteiger partial charge in [0.05, 0.1) is 39.0 Å².